The lowest BCUT2D eigenvalue weighted by Crippen LogP contribution is -2.35. The van der Waals surface area contributed by atoms with E-state index >= 15 is 0 Å². The van der Waals surface area contributed by atoms with Gasteiger partial charge in [-0.3, -0.25) is 9.59 Å². The predicted molar refractivity (Wildman–Crippen MR) is 94.5 cm³/mol. The third-order valence-corrected chi connectivity index (χ3v) is 4.63. The van der Waals surface area contributed by atoms with E-state index in [9.17, 15) is 22.4 Å². The average molecular weight is 379 g/mol. The third kappa shape index (κ3) is 4.87. The van der Waals surface area contributed by atoms with E-state index in [0.29, 0.717) is 5.56 Å². The lowest BCUT2D eigenvalue weighted by molar-refractivity contribution is -0.116. The van der Waals surface area contributed by atoms with Gasteiger partial charge in [0.2, 0.25) is 15.9 Å². The van der Waals surface area contributed by atoms with Gasteiger partial charge in [-0.15, -0.1) is 0 Å². The molecular formula is C17H18FN3O4S. The Bertz CT molecular complexity index is 960. The number of hydrogen-bond donors (Lipinski definition) is 2. The smallest absolute Gasteiger partial charge is 0.254 e. The number of hydrogen-bond acceptors (Lipinski definition) is 4. The number of sulfonamides is 1. The number of rotatable bonds is 5. The number of halogens is 1. The zero-order valence-electron chi connectivity index (χ0n) is 14.2. The first-order valence-electron chi connectivity index (χ1n) is 7.52. The average Bonchev–Trinajstić information content (AvgIpc) is 2.53. The van der Waals surface area contributed by atoms with Crippen molar-refractivity contribution in [2.24, 2.45) is 5.14 Å². The molecule has 26 heavy (non-hydrogen) atoms. The number of benzene rings is 2. The van der Waals surface area contributed by atoms with Crippen LogP contribution >= 0.6 is 0 Å². The Morgan fingerprint density at radius 1 is 1.19 bits per heavy atom. The van der Waals surface area contributed by atoms with E-state index in [-0.39, 0.29) is 22.7 Å². The van der Waals surface area contributed by atoms with Gasteiger partial charge in [-0.05, 0) is 42.8 Å². The molecule has 9 heteroatoms. The Labute approximate surface area is 150 Å². The number of nitrogens with zero attached hydrogens (tertiary/aromatic N) is 1. The predicted octanol–water partition coefficient (Wildman–Crippen LogP) is 1.49. The Balaban J connectivity index is 2.11. The van der Waals surface area contributed by atoms with Gasteiger partial charge in [-0.1, -0.05) is 12.1 Å². The number of primary sulfonamides is 1. The summed E-state index contributed by atoms with van der Waals surface area (Å²) < 4.78 is 36.3. The molecule has 0 atom stereocenters. The van der Waals surface area contributed by atoms with Crippen LogP contribution in [0.4, 0.5) is 10.1 Å². The fourth-order valence-corrected chi connectivity index (χ4v) is 3.12. The van der Waals surface area contributed by atoms with Crippen LogP contribution in [0.3, 0.4) is 0 Å². The first-order chi connectivity index (χ1) is 12.1. The maximum Gasteiger partial charge on any atom is 0.254 e. The SMILES string of the molecule is Cc1ccc(C(=O)N(C)CC(=O)Nc2cccc(F)c2)cc1S(N)(=O)=O. The van der Waals surface area contributed by atoms with E-state index in [2.05, 4.69) is 5.32 Å². The number of nitrogens with two attached hydrogens (primary N) is 1. The van der Waals surface area contributed by atoms with E-state index in [1.54, 1.807) is 6.92 Å². The molecule has 7 nitrogen and oxygen atoms in total. The van der Waals surface area contributed by atoms with Crippen molar-refractivity contribution in [3.05, 3.63) is 59.4 Å². The largest absolute Gasteiger partial charge is 0.332 e. The summed E-state index contributed by atoms with van der Waals surface area (Å²) in [5.41, 5.74) is 0.763. The number of aryl methyl sites for hydroxylation is 1. The van der Waals surface area contributed by atoms with Crippen molar-refractivity contribution >= 4 is 27.5 Å². The van der Waals surface area contributed by atoms with E-state index < -0.39 is 27.7 Å². The number of anilines is 1. The van der Waals surface area contributed by atoms with Crippen LogP contribution in [0, 0.1) is 12.7 Å². The molecule has 0 saturated heterocycles. The van der Waals surface area contributed by atoms with Crippen LogP contribution in [0.5, 0.6) is 0 Å². The highest BCUT2D eigenvalue weighted by Crippen LogP contribution is 2.17. The second-order valence-corrected chi connectivity index (χ2v) is 7.27. The highest BCUT2D eigenvalue weighted by Gasteiger charge is 2.19. The maximum atomic E-state index is 13.1. The van der Waals surface area contributed by atoms with Crippen LogP contribution in [-0.2, 0) is 14.8 Å². The maximum absolute atomic E-state index is 13.1. The molecule has 2 aromatic carbocycles. The normalized spacial score (nSPS) is 11.1. The highest BCUT2D eigenvalue weighted by molar-refractivity contribution is 7.89. The van der Waals surface area contributed by atoms with Crippen molar-refractivity contribution in [1.82, 2.24) is 4.90 Å². The summed E-state index contributed by atoms with van der Waals surface area (Å²) in [5.74, 6) is -1.57. The molecule has 0 heterocycles. The first-order valence-corrected chi connectivity index (χ1v) is 9.07. The van der Waals surface area contributed by atoms with Gasteiger partial charge in [0.1, 0.15) is 5.82 Å². The van der Waals surface area contributed by atoms with Gasteiger partial charge in [0.25, 0.3) is 5.91 Å². The second kappa shape index (κ2) is 7.63. The van der Waals surface area contributed by atoms with Crippen molar-refractivity contribution in [3.63, 3.8) is 0 Å². The quantitative estimate of drug-likeness (QED) is 0.820. The molecule has 0 aliphatic rings. The minimum Gasteiger partial charge on any atom is -0.332 e. The monoisotopic (exact) mass is 379 g/mol. The number of carbonyl (C=O) groups excluding carboxylic acids is 2. The van der Waals surface area contributed by atoms with Gasteiger partial charge in [-0.2, -0.15) is 0 Å². The van der Waals surface area contributed by atoms with Crippen LogP contribution in [0.25, 0.3) is 0 Å². The van der Waals surface area contributed by atoms with Crippen molar-refractivity contribution in [3.8, 4) is 0 Å². The molecule has 2 rings (SSSR count). The van der Waals surface area contributed by atoms with Crippen molar-refractivity contribution in [2.75, 3.05) is 18.9 Å². The number of carbonyl (C=O) groups is 2. The fraction of sp³-hybridized carbons (Fsp3) is 0.176. The molecule has 0 radical (unpaired) electrons. The molecule has 2 amide bonds. The zero-order valence-corrected chi connectivity index (χ0v) is 15.0. The minimum atomic E-state index is -3.97. The van der Waals surface area contributed by atoms with Crippen LogP contribution in [0.1, 0.15) is 15.9 Å². The third-order valence-electron chi connectivity index (χ3n) is 3.58. The first kappa shape index (κ1) is 19.5. The molecule has 0 spiro atoms. The summed E-state index contributed by atoms with van der Waals surface area (Å²) in [5, 5.41) is 7.61. The number of amides is 2. The summed E-state index contributed by atoms with van der Waals surface area (Å²) in [7, 11) is -2.58. The zero-order chi connectivity index (χ0) is 19.5. The Hall–Kier alpha value is -2.78. The lowest BCUT2D eigenvalue weighted by Gasteiger charge is -2.17. The molecule has 0 aliphatic carbocycles. The van der Waals surface area contributed by atoms with Gasteiger partial charge >= 0.3 is 0 Å². The standard InChI is InChI=1S/C17H18FN3O4S/c1-11-6-7-12(8-15(11)26(19,24)25)17(23)21(2)10-16(22)20-14-5-3-4-13(18)9-14/h3-9H,10H2,1-2H3,(H,20,22)(H2,19,24,25). The van der Waals surface area contributed by atoms with Gasteiger partial charge in [0.15, 0.2) is 0 Å². The van der Waals surface area contributed by atoms with Gasteiger partial charge in [0, 0.05) is 18.3 Å². The molecular weight excluding hydrogens is 361 g/mol. The summed E-state index contributed by atoms with van der Waals surface area (Å²) >= 11 is 0. The molecule has 0 fully saturated rings. The van der Waals surface area contributed by atoms with Gasteiger partial charge < -0.3 is 10.2 Å². The van der Waals surface area contributed by atoms with Crippen LogP contribution in [0.2, 0.25) is 0 Å². The van der Waals surface area contributed by atoms with Gasteiger partial charge in [0.05, 0.1) is 11.4 Å². The van der Waals surface area contributed by atoms with E-state index in [4.69, 9.17) is 5.14 Å². The van der Waals surface area contributed by atoms with Crippen molar-refractivity contribution in [2.45, 2.75) is 11.8 Å². The fourth-order valence-electron chi connectivity index (χ4n) is 2.31. The molecule has 2 aromatic rings. The Morgan fingerprint density at radius 3 is 2.50 bits per heavy atom. The summed E-state index contributed by atoms with van der Waals surface area (Å²) in [4.78, 5) is 25.4. The van der Waals surface area contributed by atoms with Gasteiger partial charge in [-0.25, -0.2) is 17.9 Å². The molecule has 0 saturated carbocycles. The summed E-state index contributed by atoms with van der Waals surface area (Å²) in [6.07, 6.45) is 0. The van der Waals surface area contributed by atoms with Crippen molar-refractivity contribution < 1.29 is 22.4 Å². The summed E-state index contributed by atoms with van der Waals surface area (Å²) in [6.45, 7) is 1.26. The van der Waals surface area contributed by atoms with Crippen LogP contribution in [-0.4, -0.2) is 38.7 Å². The molecule has 138 valence electrons. The van der Waals surface area contributed by atoms with E-state index in [1.165, 1.54) is 43.4 Å². The van der Waals surface area contributed by atoms with E-state index in [0.717, 1.165) is 11.0 Å². The Morgan fingerprint density at radius 2 is 1.88 bits per heavy atom. The van der Waals surface area contributed by atoms with Crippen LogP contribution in [0.15, 0.2) is 47.4 Å². The molecule has 0 aromatic heterocycles. The topological polar surface area (TPSA) is 110 Å². The van der Waals surface area contributed by atoms with Crippen molar-refractivity contribution in [1.29, 1.82) is 0 Å². The minimum absolute atomic E-state index is 0.0840. The number of nitrogens with one attached hydrogen (secondary N) is 1. The molecule has 0 unspecified atom stereocenters. The second-order valence-electron chi connectivity index (χ2n) is 5.75. The van der Waals surface area contributed by atoms with Crippen LogP contribution < -0.4 is 10.5 Å². The van der Waals surface area contributed by atoms with E-state index in [1.807, 2.05) is 0 Å². The lowest BCUT2D eigenvalue weighted by atomic mass is 10.1. The number of likely N-dealkylation sites (N-methyl/N-ethyl adjacent to an activating group) is 1. The molecule has 0 bridgehead atoms. The summed E-state index contributed by atoms with van der Waals surface area (Å²) in [6, 6.07) is 9.45. The molecule has 3 N–H and O–H groups in total. The highest BCUT2D eigenvalue weighted by atomic mass is 32.2. The Kier molecular flexibility index (Phi) is 5.73. The molecule has 0 aliphatic heterocycles.